The fraction of sp³-hybridized carbons (Fsp3) is 0.594. The maximum Gasteiger partial charge on any atom is 0.416 e. The topological polar surface area (TPSA) is 178 Å². The predicted molar refractivity (Wildman–Crippen MR) is 158 cm³/mol. The van der Waals surface area contributed by atoms with Crippen molar-refractivity contribution in [1.29, 1.82) is 0 Å². The van der Waals surface area contributed by atoms with Gasteiger partial charge in [0, 0.05) is 19.3 Å². The van der Waals surface area contributed by atoms with Crippen molar-refractivity contribution in [2.24, 2.45) is 5.92 Å². The van der Waals surface area contributed by atoms with Crippen LogP contribution in [0, 0.1) is 5.92 Å². The molecule has 0 fully saturated rings. The molecule has 1 amide bonds. The Balaban J connectivity index is 2.85. The maximum absolute atomic E-state index is 13.1. The number of benzene rings is 1. The molecule has 0 unspecified atom stereocenters. The Bertz CT molecular complexity index is 1150. The van der Waals surface area contributed by atoms with Gasteiger partial charge in [-0.3, -0.25) is 14.4 Å². The lowest BCUT2D eigenvalue weighted by Crippen LogP contribution is -2.55. The van der Waals surface area contributed by atoms with Crippen molar-refractivity contribution in [3.63, 3.8) is 0 Å². The Kier molecular flexibility index (Phi) is 17.1. The van der Waals surface area contributed by atoms with Crippen molar-refractivity contribution in [3.8, 4) is 0 Å². The number of carboxylic acid groups (broad SMARTS) is 3. The third kappa shape index (κ3) is 14.7. The zero-order valence-electron chi connectivity index (χ0n) is 25.5. The van der Waals surface area contributed by atoms with E-state index in [0.29, 0.717) is 25.7 Å². The second-order valence-corrected chi connectivity index (χ2v) is 11.2. The first-order valence-corrected chi connectivity index (χ1v) is 15.2. The van der Waals surface area contributed by atoms with Crippen LogP contribution in [-0.4, -0.2) is 61.7 Å². The van der Waals surface area contributed by atoms with Gasteiger partial charge in [0.05, 0.1) is 17.9 Å². The number of halogens is 3. The highest BCUT2D eigenvalue weighted by Gasteiger charge is 2.49. The van der Waals surface area contributed by atoms with Gasteiger partial charge in [-0.15, -0.1) is 0 Å². The van der Waals surface area contributed by atoms with E-state index in [-0.39, 0.29) is 11.3 Å². The molecule has 0 radical (unpaired) electrons. The summed E-state index contributed by atoms with van der Waals surface area (Å²) >= 11 is 0. The van der Waals surface area contributed by atoms with Gasteiger partial charge in [-0.1, -0.05) is 69.7 Å². The molecule has 1 aromatic rings. The summed E-state index contributed by atoms with van der Waals surface area (Å²) in [4.78, 5) is 60.3. The number of Topliss-reactive ketones (excluding diaryl/α,β-unsaturated/α-hetero) is 1. The molecular weight excluding hydrogens is 599 g/mol. The van der Waals surface area contributed by atoms with Crippen molar-refractivity contribution < 1.29 is 57.6 Å². The van der Waals surface area contributed by atoms with Crippen LogP contribution >= 0.6 is 0 Å². The van der Waals surface area contributed by atoms with Crippen LogP contribution in [0.4, 0.5) is 13.2 Å². The molecule has 0 heterocycles. The van der Waals surface area contributed by atoms with Crippen molar-refractivity contribution in [2.75, 3.05) is 0 Å². The molecule has 13 heteroatoms. The van der Waals surface area contributed by atoms with E-state index in [2.05, 4.69) is 12.2 Å². The largest absolute Gasteiger partial charge is 0.481 e. The fourth-order valence-corrected chi connectivity index (χ4v) is 4.76. The lowest BCUT2D eigenvalue weighted by Gasteiger charge is -2.29. The van der Waals surface area contributed by atoms with Crippen molar-refractivity contribution in [1.82, 2.24) is 5.32 Å². The minimum absolute atomic E-state index is 0.121. The summed E-state index contributed by atoms with van der Waals surface area (Å²) in [7, 11) is 0. The van der Waals surface area contributed by atoms with E-state index >= 15 is 0 Å². The number of carbonyl (C=O) groups excluding carboxylic acids is 2. The minimum Gasteiger partial charge on any atom is -0.481 e. The second-order valence-electron chi connectivity index (χ2n) is 11.2. The highest BCUT2D eigenvalue weighted by molar-refractivity contribution is 5.94. The van der Waals surface area contributed by atoms with Gasteiger partial charge in [0.25, 0.3) is 0 Å². The average molecular weight is 644 g/mol. The molecule has 10 nitrogen and oxygen atoms in total. The van der Waals surface area contributed by atoms with Gasteiger partial charge < -0.3 is 25.7 Å². The van der Waals surface area contributed by atoms with Gasteiger partial charge in [-0.2, -0.15) is 13.2 Å². The zero-order valence-corrected chi connectivity index (χ0v) is 25.5. The molecule has 0 aliphatic heterocycles. The number of hydrogen-bond donors (Lipinski definition) is 5. The number of rotatable bonds is 23. The summed E-state index contributed by atoms with van der Waals surface area (Å²) in [6, 6.07) is 1.82. The van der Waals surface area contributed by atoms with Crippen molar-refractivity contribution in [2.45, 2.75) is 115 Å². The molecule has 5 N–H and O–H groups in total. The van der Waals surface area contributed by atoms with E-state index in [4.69, 9.17) is 0 Å². The summed E-state index contributed by atoms with van der Waals surface area (Å²) in [5, 5.41) is 41.4. The first-order chi connectivity index (χ1) is 21.1. The number of allylic oxidation sites excluding steroid dienone is 1. The third-order valence-corrected chi connectivity index (χ3v) is 7.39. The van der Waals surface area contributed by atoms with E-state index in [1.165, 1.54) is 6.08 Å². The Hall–Kier alpha value is -3.74. The van der Waals surface area contributed by atoms with E-state index in [0.717, 1.165) is 81.7 Å². The third-order valence-electron chi connectivity index (χ3n) is 7.39. The molecule has 1 rings (SSSR count). The fourth-order valence-electron chi connectivity index (χ4n) is 4.76. The number of carboxylic acids is 3. The van der Waals surface area contributed by atoms with Gasteiger partial charge in [0.2, 0.25) is 5.91 Å². The Labute approximate surface area is 260 Å². The Morgan fingerprint density at radius 3 is 1.89 bits per heavy atom. The minimum atomic E-state index is -4.61. The van der Waals surface area contributed by atoms with Gasteiger partial charge in [-0.05, 0) is 43.4 Å². The molecule has 0 bridgehead atoms. The van der Waals surface area contributed by atoms with E-state index in [9.17, 15) is 57.6 Å². The van der Waals surface area contributed by atoms with Crippen LogP contribution in [0.5, 0.6) is 0 Å². The molecular formula is C32H44F3NO9. The molecule has 252 valence electrons. The normalized spacial score (nSPS) is 14.4. The molecule has 0 saturated carbocycles. The van der Waals surface area contributed by atoms with Crippen LogP contribution in [0.15, 0.2) is 36.4 Å². The first-order valence-electron chi connectivity index (χ1n) is 15.2. The standard InChI is InChI=1S/C32H44F3NO9/c1-2-3-4-7-10-13-24(37)14-11-8-5-6-9-12-15-25(31(45,30(43)44)21-27(38)39)28(40)36-26(29(41)42)20-22-16-18-23(19-17-22)32(33,34)35/h12,15-19,25-26,45H,2-11,13-14,20-21H2,1H3,(H,36,40)(H,38,39)(H,41,42)(H,43,44)/t25-,26+,31+/m1/s1. The number of alkyl halides is 3. The highest BCUT2D eigenvalue weighted by Crippen LogP contribution is 2.29. The predicted octanol–water partition coefficient (Wildman–Crippen LogP) is 5.55. The number of ketones is 1. The van der Waals surface area contributed by atoms with Gasteiger partial charge in [-0.25, -0.2) is 9.59 Å². The van der Waals surface area contributed by atoms with Crippen LogP contribution in [0.2, 0.25) is 0 Å². The number of amides is 1. The van der Waals surface area contributed by atoms with Crippen molar-refractivity contribution >= 4 is 29.6 Å². The SMILES string of the molecule is CCCCCCCC(=O)CCCCCCC=C[C@H](C(=O)N[C@@H](Cc1ccc(C(F)(F)F)cc1)C(=O)O)[C@@](O)(CC(=O)O)C(=O)O. The zero-order chi connectivity index (χ0) is 34.0. The summed E-state index contributed by atoms with van der Waals surface area (Å²) in [6.45, 7) is 2.13. The summed E-state index contributed by atoms with van der Waals surface area (Å²) in [5.41, 5.74) is -3.97. The molecule has 0 saturated heterocycles. The summed E-state index contributed by atoms with van der Waals surface area (Å²) < 4.78 is 38.6. The Morgan fingerprint density at radius 2 is 1.40 bits per heavy atom. The van der Waals surface area contributed by atoms with Crippen LogP contribution in [-0.2, 0) is 36.6 Å². The van der Waals surface area contributed by atoms with Gasteiger partial charge in [0.15, 0.2) is 5.60 Å². The first kappa shape index (κ1) is 39.3. The number of unbranched alkanes of at least 4 members (excludes halogenated alkanes) is 8. The van der Waals surface area contributed by atoms with Gasteiger partial charge in [0.1, 0.15) is 11.8 Å². The summed E-state index contributed by atoms with van der Waals surface area (Å²) in [6.07, 6.45) is 5.52. The number of nitrogens with one attached hydrogen (secondary N) is 1. The van der Waals surface area contributed by atoms with E-state index in [1.54, 1.807) is 0 Å². The average Bonchev–Trinajstić information content (AvgIpc) is 2.95. The smallest absolute Gasteiger partial charge is 0.416 e. The maximum atomic E-state index is 13.1. The number of hydrogen-bond acceptors (Lipinski definition) is 6. The molecule has 3 atom stereocenters. The highest BCUT2D eigenvalue weighted by atomic mass is 19.4. The molecule has 45 heavy (non-hydrogen) atoms. The molecule has 0 spiro atoms. The van der Waals surface area contributed by atoms with Crippen LogP contribution < -0.4 is 5.32 Å². The summed E-state index contributed by atoms with van der Waals surface area (Å²) in [5.74, 6) is -8.39. The monoisotopic (exact) mass is 643 g/mol. The quantitative estimate of drug-likeness (QED) is 0.0755. The number of aliphatic carboxylic acids is 3. The number of aliphatic hydroxyl groups is 1. The van der Waals surface area contributed by atoms with Gasteiger partial charge >= 0.3 is 24.1 Å². The molecule has 0 aliphatic carbocycles. The number of carbonyl (C=O) groups is 5. The molecule has 0 aromatic heterocycles. The van der Waals surface area contributed by atoms with Crippen LogP contribution in [0.25, 0.3) is 0 Å². The molecule has 0 aliphatic rings. The lowest BCUT2D eigenvalue weighted by atomic mass is 9.82. The van der Waals surface area contributed by atoms with Crippen LogP contribution in [0.3, 0.4) is 0 Å². The second kappa shape index (κ2) is 19.6. The Morgan fingerprint density at radius 1 is 0.844 bits per heavy atom. The van der Waals surface area contributed by atoms with Crippen molar-refractivity contribution in [3.05, 3.63) is 47.5 Å². The lowest BCUT2D eigenvalue weighted by molar-refractivity contribution is -0.172. The molecule has 1 aromatic carbocycles. The van der Waals surface area contributed by atoms with E-state index < -0.39 is 66.0 Å². The van der Waals surface area contributed by atoms with Crippen LogP contribution in [0.1, 0.15) is 102 Å². The van der Waals surface area contributed by atoms with E-state index in [1.807, 2.05) is 0 Å².